The van der Waals surface area contributed by atoms with E-state index in [1.807, 2.05) is 45.9 Å². The van der Waals surface area contributed by atoms with E-state index in [4.69, 9.17) is 0 Å². The molecular weight excluding hydrogens is 449 g/mol. The van der Waals surface area contributed by atoms with E-state index in [0.29, 0.717) is 12.1 Å². The molecule has 1 aromatic rings. The first-order chi connectivity index (χ1) is 7.58. The molecule has 111 valence electrons. The van der Waals surface area contributed by atoms with Gasteiger partial charge in [-0.2, -0.15) is 0 Å². The number of hydrogen-bond acceptors (Lipinski definition) is 3. The first-order valence-corrected chi connectivity index (χ1v) is 5.61. The van der Waals surface area contributed by atoms with Crippen molar-refractivity contribution in [2.75, 3.05) is 0 Å². The van der Waals surface area contributed by atoms with Gasteiger partial charge >= 0.3 is 40.8 Å². The van der Waals surface area contributed by atoms with E-state index in [0.717, 1.165) is 11.4 Å². The molecule has 0 saturated carbocycles. The smallest absolute Gasteiger partial charge is 1.00 e. The summed E-state index contributed by atoms with van der Waals surface area (Å²) in [5.74, 6) is 0. The monoisotopic (exact) mass is 464 g/mol. The van der Waals surface area contributed by atoms with Crippen LogP contribution in [0.2, 0.25) is 0 Å². The molecule has 20 heavy (non-hydrogen) atoms. The Bertz CT molecular complexity index is 363. The summed E-state index contributed by atoms with van der Waals surface area (Å²) < 4.78 is 0. The third-order valence-electron chi connectivity index (χ3n) is 1.80. The van der Waals surface area contributed by atoms with Gasteiger partial charge in [0.2, 0.25) is 0 Å². The minimum atomic E-state index is 0. The van der Waals surface area contributed by atoms with Crippen molar-refractivity contribution in [3.8, 4) is 0 Å². The molecule has 0 atom stereocenters. The Morgan fingerprint density at radius 1 is 0.850 bits per heavy atom. The molecule has 0 saturated heterocycles. The van der Waals surface area contributed by atoms with Gasteiger partial charge in [-0.25, -0.2) is 4.98 Å². The van der Waals surface area contributed by atoms with Gasteiger partial charge in [0, 0.05) is 24.5 Å². The maximum absolute atomic E-state index is 4.42. The van der Waals surface area contributed by atoms with Gasteiger partial charge in [-0.15, -0.1) is 0 Å². The molecule has 0 spiro atoms. The largest absolute Gasteiger partial charge is 3.00 e. The van der Waals surface area contributed by atoms with Crippen LogP contribution in [0.3, 0.4) is 0 Å². The SMILES string of the molecule is CC(C)N=Cc1cccc(C=NC(C)C)n1.[Cl-].[Cl-].[Cl-].[Nd+3]. The summed E-state index contributed by atoms with van der Waals surface area (Å²) in [6, 6.07) is 6.46. The number of halogens is 3. The standard InChI is InChI=1S/C13H19N3.3ClH.Nd/c1-10(2)14-8-12-6-5-7-13(16-12)9-15-11(3)4;;;;/h5-11H,1-4H3;3*1H;/q;;;;+3/p-3. The van der Waals surface area contributed by atoms with Crippen molar-refractivity contribution in [3.05, 3.63) is 29.6 Å². The average Bonchev–Trinajstić information content (AvgIpc) is 2.24. The van der Waals surface area contributed by atoms with Crippen LogP contribution in [0.25, 0.3) is 0 Å². The van der Waals surface area contributed by atoms with Gasteiger partial charge in [0.15, 0.2) is 0 Å². The zero-order chi connectivity index (χ0) is 12.0. The molecule has 0 unspecified atom stereocenters. The van der Waals surface area contributed by atoms with Crippen molar-refractivity contribution in [1.82, 2.24) is 4.98 Å². The number of rotatable bonds is 4. The van der Waals surface area contributed by atoms with Crippen molar-refractivity contribution >= 4 is 12.4 Å². The number of nitrogens with zero attached hydrogens (tertiary/aromatic N) is 3. The first-order valence-electron chi connectivity index (χ1n) is 5.61. The number of pyridine rings is 1. The molecule has 3 nitrogen and oxygen atoms in total. The zero-order valence-corrected chi connectivity index (χ0v) is 17.5. The fourth-order valence-corrected chi connectivity index (χ4v) is 1.06. The topological polar surface area (TPSA) is 37.6 Å². The Morgan fingerprint density at radius 3 is 1.50 bits per heavy atom. The summed E-state index contributed by atoms with van der Waals surface area (Å²) in [6.45, 7) is 8.17. The van der Waals surface area contributed by atoms with Crippen molar-refractivity contribution in [3.63, 3.8) is 0 Å². The normalized spacial score (nSPS) is 9.90. The van der Waals surface area contributed by atoms with Gasteiger partial charge in [-0.3, -0.25) is 9.98 Å². The van der Waals surface area contributed by atoms with E-state index in [9.17, 15) is 0 Å². The third kappa shape index (κ3) is 13.7. The molecule has 1 aromatic heterocycles. The zero-order valence-electron chi connectivity index (χ0n) is 12.0. The Hall–Kier alpha value is 0.711. The van der Waals surface area contributed by atoms with E-state index in [2.05, 4.69) is 15.0 Å². The third-order valence-corrected chi connectivity index (χ3v) is 1.80. The van der Waals surface area contributed by atoms with Crippen LogP contribution in [0.1, 0.15) is 39.1 Å². The molecule has 0 aliphatic rings. The molecule has 1 rings (SSSR count). The molecule has 0 bridgehead atoms. The predicted molar refractivity (Wildman–Crippen MR) is 69.7 cm³/mol. The van der Waals surface area contributed by atoms with Crippen LogP contribution in [0.4, 0.5) is 0 Å². The van der Waals surface area contributed by atoms with Crippen LogP contribution < -0.4 is 37.2 Å². The van der Waals surface area contributed by atoms with Crippen LogP contribution >= 0.6 is 0 Å². The Kier molecular flexibility index (Phi) is 23.2. The minimum Gasteiger partial charge on any atom is -1.00 e. The molecule has 0 aromatic carbocycles. The van der Waals surface area contributed by atoms with Gasteiger partial charge < -0.3 is 37.2 Å². The number of hydrogen-bond donors (Lipinski definition) is 0. The fourth-order valence-electron chi connectivity index (χ4n) is 1.06. The van der Waals surface area contributed by atoms with E-state index in [1.165, 1.54) is 0 Å². The average molecular weight is 468 g/mol. The molecule has 7 heteroatoms. The molecule has 1 heterocycles. The summed E-state index contributed by atoms with van der Waals surface area (Å²) in [7, 11) is 0. The second-order valence-electron chi connectivity index (χ2n) is 4.23. The summed E-state index contributed by atoms with van der Waals surface area (Å²) in [5.41, 5.74) is 1.75. The van der Waals surface area contributed by atoms with Crippen LogP contribution in [-0.2, 0) is 0 Å². The second kappa shape index (κ2) is 16.1. The van der Waals surface area contributed by atoms with Crippen LogP contribution in [-0.4, -0.2) is 29.5 Å². The maximum Gasteiger partial charge on any atom is 3.00 e. The minimum absolute atomic E-state index is 0. The fraction of sp³-hybridized carbons (Fsp3) is 0.462. The Morgan fingerprint density at radius 2 is 1.20 bits per heavy atom. The molecule has 0 aliphatic carbocycles. The summed E-state index contributed by atoms with van der Waals surface area (Å²) in [5, 5.41) is 0. The molecule has 0 aliphatic heterocycles. The van der Waals surface area contributed by atoms with Crippen LogP contribution in [0.5, 0.6) is 0 Å². The van der Waals surface area contributed by atoms with E-state index in [1.54, 1.807) is 12.4 Å². The molecular formula is C13H19Cl3N3Nd. The Labute approximate surface area is 173 Å². The van der Waals surface area contributed by atoms with Gasteiger partial charge in [-0.1, -0.05) is 6.07 Å². The molecule has 1 radical (unpaired) electrons. The summed E-state index contributed by atoms with van der Waals surface area (Å²) in [4.78, 5) is 13.0. The van der Waals surface area contributed by atoms with Crippen molar-refractivity contribution < 1.29 is 78.1 Å². The first kappa shape index (κ1) is 28.8. The van der Waals surface area contributed by atoms with Gasteiger partial charge in [0.05, 0.1) is 11.4 Å². The van der Waals surface area contributed by atoms with Gasteiger partial charge in [0.1, 0.15) is 0 Å². The predicted octanol–water partition coefficient (Wildman–Crippen LogP) is -6.25. The van der Waals surface area contributed by atoms with Crippen LogP contribution in [0, 0.1) is 40.8 Å². The van der Waals surface area contributed by atoms with E-state index < -0.39 is 0 Å². The second-order valence-corrected chi connectivity index (χ2v) is 4.23. The molecule has 0 fully saturated rings. The Balaban J connectivity index is -0.000000320. The number of aliphatic imine (C=N–C) groups is 2. The van der Waals surface area contributed by atoms with Crippen molar-refractivity contribution in [1.29, 1.82) is 0 Å². The molecule has 0 N–H and O–H groups in total. The quantitative estimate of drug-likeness (QED) is 0.406. The number of aromatic nitrogens is 1. The van der Waals surface area contributed by atoms with Crippen molar-refractivity contribution in [2.24, 2.45) is 9.98 Å². The molecule has 0 amide bonds. The summed E-state index contributed by atoms with van der Waals surface area (Å²) >= 11 is 0. The maximum atomic E-state index is 4.42. The summed E-state index contributed by atoms with van der Waals surface area (Å²) in [6.07, 6.45) is 3.61. The van der Waals surface area contributed by atoms with Gasteiger partial charge in [-0.05, 0) is 39.8 Å². The van der Waals surface area contributed by atoms with Gasteiger partial charge in [0.25, 0.3) is 0 Å². The van der Waals surface area contributed by atoms with Crippen molar-refractivity contribution in [2.45, 2.75) is 39.8 Å². The van der Waals surface area contributed by atoms with E-state index >= 15 is 0 Å². The van der Waals surface area contributed by atoms with E-state index in [-0.39, 0.29) is 78.1 Å². The van der Waals surface area contributed by atoms with Crippen LogP contribution in [0.15, 0.2) is 28.2 Å².